The minimum Gasteiger partial charge on any atom is -0.481 e. The second-order valence-corrected chi connectivity index (χ2v) is 27.3. The number of ether oxygens (including phenoxy) is 3. The van der Waals surface area contributed by atoms with Gasteiger partial charge in [0.25, 0.3) is 0 Å². The van der Waals surface area contributed by atoms with Gasteiger partial charge in [0.2, 0.25) is 0 Å². The molecule has 0 spiro atoms. The molecule has 0 saturated carbocycles. The van der Waals surface area contributed by atoms with Crippen molar-refractivity contribution in [2.75, 3.05) is 19.8 Å². The summed E-state index contributed by atoms with van der Waals surface area (Å²) in [7, 11) is 0. The molecule has 0 N–H and O–H groups in total. The van der Waals surface area contributed by atoms with E-state index >= 15 is 0 Å². The number of hydrogen-bond donors (Lipinski definition) is 0. The summed E-state index contributed by atoms with van der Waals surface area (Å²) in [6, 6.07) is 102. The number of benzene rings is 12. The van der Waals surface area contributed by atoms with E-state index in [1.54, 1.807) is 0 Å². The molecule has 18 rings (SSSR count). The van der Waals surface area contributed by atoms with Gasteiger partial charge in [0.1, 0.15) is 37.1 Å². The van der Waals surface area contributed by atoms with Crippen molar-refractivity contribution in [3.8, 4) is 86.2 Å². The SMILES string of the molecule is CC#CCOc1ccc2cc(C3(c4ccc(C(C)(c5ccc(C6(c7ccc8cc(OCC#CC)ccc8c7)c7ccccc7-c7cnccc76)cc5)c5ccc(C6(c7ccc8cc(OCC#CC)ccc8c7)c7ccccc7-c7cnccc76)cc5)cc4)c4ccccc4-c4cnccc43)ccc2c1. The van der Waals surface area contributed by atoms with Crippen molar-refractivity contribution >= 4 is 32.3 Å². The highest BCUT2D eigenvalue weighted by atomic mass is 16.5. The van der Waals surface area contributed by atoms with Crippen LogP contribution in [0.25, 0.3) is 65.7 Å². The number of nitrogens with zero attached hydrogens (tertiary/aromatic N) is 3. The van der Waals surface area contributed by atoms with E-state index in [2.05, 4.69) is 315 Å². The number of rotatable bonds is 15. The van der Waals surface area contributed by atoms with Gasteiger partial charge in [0, 0.05) is 59.3 Å². The van der Waals surface area contributed by atoms with Gasteiger partial charge in [0.15, 0.2) is 0 Å². The smallest absolute Gasteiger partial charge is 0.149 e. The number of pyridine rings is 3. The van der Waals surface area contributed by atoms with Crippen LogP contribution in [0, 0.1) is 35.5 Å². The first-order valence-corrected chi connectivity index (χ1v) is 35.4. The predicted octanol–water partition coefficient (Wildman–Crippen LogP) is 21.0. The first kappa shape index (κ1) is 63.1. The molecule has 0 bridgehead atoms. The fourth-order valence-corrected chi connectivity index (χ4v) is 17.6. The molecule has 3 aliphatic rings. The Hall–Kier alpha value is -13.1. The number of fused-ring (bicyclic) bond motifs is 12. The van der Waals surface area contributed by atoms with Gasteiger partial charge < -0.3 is 14.2 Å². The highest BCUT2D eigenvalue weighted by Crippen LogP contribution is 2.60. The van der Waals surface area contributed by atoms with Crippen LogP contribution >= 0.6 is 0 Å². The van der Waals surface area contributed by atoms with Gasteiger partial charge in [-0.1, -0.05) is 218 Å². The van der Waals surface area contributed by atoms with Crippen molar-refractivity contribution in [3.63, 3.8) is 0 Å². The Balaban J connectivity index is 0.827. The maximum absolute atomic E-state index is 6.08. The lowest BCUT2D eigenvalue weighted by atomic mass is 9.64. The summed E-state index contributed by atoms with van der Waals surface area (Å²) in [5, 5.41) is 6.64. The molecule has 0 aliphatic heterocycles. The molecule has 0 amide bonds. The van der Waals surface area contributed by atoms with Gasteiger partial charge >= 0.3 is 0 Å². The van der Waals surface area contributed by atoms with E-state index in [-0.39, 0.29) is 0 Å². The minimum atomic E-state index is -0.731. The van der Waals surface area contributed by atoms with Crippen LogP contribution < -0.4 is 14.2 Å². The van der Waals surface area contributed by atoms with E-state index in [0.29, 0.717) is 19.8 Å². The van der Waals surface area contributed by atoms with Crippen molar-refractivity contribution < 1.29 is 14.2 Å². The summed E-state index contributed by atoms with van der Waals surface area (Å²) in [5.74, 6) is 20.4. The van der Waals surface area contributed by atoms with Gasteiger partial charge in [-0.3, -0.25) is 15.0 Å². The van der Waals surface area contributed by atoms with Crippen LogP contribution in [0.4, 0.5) is 0 Å². The molecular formula is C98H69N3O3. The van der Waals surface area contributed by atoms with Crippen LogP contribution in [-0.2, 0) is 21.7 Å². The van der Waals surface area contributed by atoms with Crippen molar-refractivity contribution in [3.05, 3.63) is 394 Å². The molecule has 3 unspecified atom stereocenters. The summed E-state index contributed by atoms with van der Waals surface area (Å²) in [5.41, 5.74) is 21.7. The van der Waals surface area contributed by atoms with Crippen LogP contribution in [0.3, 0.4) is 0 Å². The zero-order valence-corrected chi connectivity index (χ0v) is 58.1. The van der Waals surface area contributed by atoms with E-state index in [1.165, 1.54) is 66.8 Å². The summed E-state index contributed by atoms with van der Waals surface area (Å²) < 4.78 is 18.2. The topological polar surface area (TPSA) is 66.4 Å². The predicted molar refractivity (Wildman–Crippen MR) is 420 cm³/mol. The van der Waals surface area contributed by atoms with Gasteiger partial charge in [-0.2, -0.15) is 0 Å². The molecule has 15 aromatic rings. The largest absolute Gasteiger partial charge is 0.481 e. The monoisotopic (exact) mass is 1340 g/mol. The molecule has 12 aromatic carbocycles. The molecule has 104 heavy (non-hydrogen) atoms. The fraction of sp³-hybridized carbons (Fsp3) is 0.112. The molecule has 3 heterocycles. The Morgan fingerprint density at radius 2 is 0.538 bits per heavy atom. The van der Waals surface area contributed by atoms with E-state index < -0.39 is 21.7 Å². The first-order valence-electron chi connectivity index (χ1n) is 35.4. The summed E-state index contributed by atoms with van der Waals surface area (Å²) >= 11 is 0. The lowest BCUT2D eigenvalue weighted by molar-refractivity contribution is 0.370. The van der Waals surface area contributed by atoms with E-state index in [1.807, 2.05) is 58.0 Å². The number of hydrogen-bond acceptors (Lipinski definition) is 6. The second-order valence-electron chi connectivity index (χ2n) is 27.3. The molecule has 0 saturated heterocycles. The molecule has 3 aliphatic carbocycles. The molecule has 0 radical (unpaired) electrons. The molecule has 494 valence electrons. The van der Waals surface area contributed by atoms with E-state index in [0.717, 1.165) is 99.6 Å². The van der Waals surface area contributed by atoms with Crippen molar-refractivity contribution in [2.45, 2.75) is 49.4 Å². The Kier molecular flexibility index (Phi) is 15.5. The lowest BCUT2D eigenvalue weighted by Gasteiger charge is -2.37. The van der Waals surface area contributed by atoms with Crippen LogP contribution in [0.2, 0.25) is 0 Å². The third-order valence-electron chi connectivity index (χ3n) is 22.4. The summed E-state index contributed by atoms with van der Waals surface area (Å²) in [6.07, 6.45) is 12.0. The van der Waals surface area contributed by atoms with Crippen molar-refractivity contribution in [2.24, 2.45) is 0 Å². The fourth-order valence-electron chi connectivity index (χ4n) is 17.6. The zero-order chi connectivity index (χ0) is 70.0. The number of aromatic nitrogens is 3. The van der Waals surface area contributed by atoms with Gasteiger partial charge in [-0.05, 0) is 233 Å². The van der Waals surface area contributed by atoms with Gasteiger partial charge in [-0.15, -0.1) is 17.8 Å². The molecule has 0 fully saturated rings. The van der Waals surface area contributed by atoms with Gasteiger partial charge in [0.05, 0.1) is 16.2 Å². The van der Waals surface area contributed by atoms with Crippen LogP contribution in [0.5, 0.6) is 17.2 Å². The summed E-state index contributed by atoms with van der Waals surface area (Å²) in [4.78, 5) is 14.3. The van der Waals surface area contributed by atoms with E-state index in [4.69, 9.17) is 29.2 Å². The standard InChI is InChI=1S/C98H69N3O3/c1-5-8-53-102-80-44-26-65-56-77(29-23-68(65)59-80)96(89-20-14-11-17-83(89)86-62-99-50-47-92(86)96)74-38-32-71(33-39-74)95(4,72-34-40-75(41-35-72)97(90-21-15-12-18-84(90)87-63-100-51-48-93(87)97)78-30-24-69-60-81(103-54-9-6-2)45-27-66(69)57-78)73-36-42-76(43-37-73)98(91-22-16-13-19-85(91)88-64-101-52-49-94(88)98)79-31-25-70-61-82(104-55-10-7-3)46-28-67(70)58-79/h11-52,56-64H,53-55H2,1-4H3. The van der Waals surface area contributed by atoms with Gasteiger partial charge in [-0.25, -0.2) is 0 Å². The minimum absolute atomic E-state index is 0.337. The van der Waals surface area contributed by atoms with Crippen LogP contribution in [0.15, 0.2) is 310 Å². The third-order valence-corrected chi connectivity index (χ3v) is 22.4. The van der Waals surface area contributed by atoms with Crippen molar-refractivity contribution in [1.82, 2.24) is 15.0 Å². The highest BCUT2D eigenvalue weighted by Gasteiger charge is 2.50. The average molecular weight is 1340 g/mol. The molecule has 3 aromatic heterocycles. The maximum Gasteiger partial charge on any atom is 0.149 e. The normalized spacial score (nSPS) is 16.7. The Bertz CT molecular complexity index is 5420. The third kappa shape index (κ3) is 9.73. The Morgan fingerprint density at radius 3 is 0.837 bits per heavy atom. The molecular weight excluding hydrogens is 1270 g/mol. The second kappa shape index (κ2) is 25.5. The highest BCUT2D eigenvalue weighted by molar-refractivity contribution is 5.94. The first-order chi connectivity index (χ1) is 51.3. The quantitative estimate of drug-likeness (QED) is 0.0753. The zero-order valence-electron chi connectivity index (χ0n) is 58.1. The molecule has 6 nitrogen and oxygen atoms in total. The van der Waals surface area contributed by atoms with Crippen molar-refractivity contribution in [1.29, 1.82) is 0 Å². The van der Waals surface area contributed by atoms with Crippen LogP contribution in [-0.4, -0.2) is 34.8 Å². The Morgan fingerprint density at radius 1 is 0.279 bits per heavy atom. The lowest BCUT2D eigenvalue weighted by Crippen LogP contribution is -2.31. The van der Waals surface area contributed by atoms with Crippen LogP contribution in [0.1, 0.15) is 111 Å². The molecule has 3 atom stereocenters. The molecule has 6 heteroatoms. The average Bonchev–Trinajstić information content (AvgIpc) is 1.53. The Labute approximate surface area is 606 Å². The van der Waals surface area contributed by atoms with E-state index in [9.17, 15) is 0 Å². The summed E-state index contributed by atoms with van der Waals surface area (Å²) in [6.45, 7) is 8.93. The maximum atomic E-state index is 6.08.